The molecule has 0 saturated carbocycles. The molecule has 1 N–H and O–H groups in total. The lowest BCUT2D eigenvalue weighted by Gasteiger charge is -2.10. The van der Waals surface area contributed by atoms with E-state index in [4.69, 9.17) is 5.26 Å². The highest BCUT2D eigenvalue weighted by Crippen LogP contribution is 2.17. The first kappa shape index (κ1) is 11.8. The molecule has 0 aliphatic rings. The van der Waals surface area contributed by atoms with Crippen LogP contribution in [0.5, 0.6) is 0 Å². The van der Waals surface area contributed by atoms with Crippen LogP contribution in [0.2, 0.25) is 0 Å². The molecule has 1 atom stereocenters. The number of benzene rings is 1. The molecule has 0 bridgehead atoms. The smallest absolute Gasteiger partial charge is 0.246 e. The van der Waals surface area contributed by atoms with Gasteiger partial charge in [-0.25, -0.2) is 0 Å². The number of rotatable bonds is 3. The Kier molecular flexibility index (Phi) is 3.67. The van der Waals surface area contributed by atoms with Crippen molar-refractivity contribution in [2.75, 3.05) is 5.32 Å². The Labute approximate surface area is 105 Å². The average molecular weight is 237 g/mol. The molecule has 2 rings (SSSR count). The summed E-state index contributed by atoms with van der Waals surface area (Å²) in [5.41, 5.74) is 1.32. The number of carbonyl (C=O) groups excluding carboxylic acids is 1. The Morgan fingerprint density at radius 1 is 1.17 bits per heavy atom. The number of amides is 1. The third-order valence-corrected chi connectivity index (χ3v) is 2.47. The van der Waals surface area contributed by atoms with Gasteiger partial charge in [0.25, 0.3) is 0 Å². The van der Waals surface area contributed by atoms with E-state index in [0.717, 1.165) is 0 Å². The topological polar surface area (TPSA) is 65.8 Å². The summed E-state index contributed by atoms with van der Waals surface area (Å²) < 4.78 is 0. The van der Waals surface area contributed by atoms with Gasteiger partial charge in [-0.2, -0.15) is 5.26 Å². The second-order valence-electron chi connectivity index (χ2n) is 3.70. The monoisotopic (exact) mass is 237 g/mol. The summed E-state index contributed by atoms with van der Waals surface area (Å²) in [7, 11) is 0. The molecule has 0 aliphatic heterocycles. The fraction of sp³-hybridized carbons (Fsp3) is 0.0714. The van der Waals surface area contributed by atoms with E-state index in [9.17, 15) is 4.79 Å². The highest BCUT2D eigenvalue weighted by molar-refractivity contribution is 5.97. The Morgan fingerprint density at radius 3 is 2.44 bits per heavy atom. The van der Waals surface area contributed by atoms with Gasteiger partial charge in [0, 0.05) is 18.1 Å². The highest BCUT2D eigenvalue weighted by Gasteiger charge is 2.19. The number of pyridine rings is 1. The van der Waals surface area contributed by atoms with Gasteiger partial charge in [0.15, 0.2) is 5.92 Å². The number of anilines is 1. The van der Waals surface area contributed by atoms with Crippen molar-refractivity contribution in [2.24, 2.45) is 0 Å². The molecular formula is C14H11N3O. The third kappa shape index (κ3) is 2.71. The van der Waals surface area contributed by atoms with Gasteiger partial charge in [0.05, 0.1) is 6.07 Å². The number of aromatic nitrogens is 1. The number of carbonyl (C=O) groups is 1. The molecule has 88 valence electrons. The summed E-state index contributed by atoms with van der Waals surface area (Å²) in [5.74, 6) is -1.14. The third-order valence-electron chi connectivity index (χ3n) is 2.47. The summed E-state index contributed by atoms with van der Waals surface area (Å²) in [4.78, 5) is 15.8. The van der Waals surface area contributed by atoms with E-state index in [1.54, 1.807) is 48.8 Å². The fourth-order valence-corrected chi connectivity index (χ4v) is 1.58. The largest absolute Gasteiger partial charge is 0.325 e. The number of nitriles is 1. The molecule has 1 heterocycles. The predicted molar refractivity (Wildman–Crippen MR) is 67.7 cm³/mol. The van der Waals surface area contributed by atoms with Gasteiger partial charge >= 0.3 is 0 Å². The lowest BCUT2D eigenvalue weighted by atomic mass is 10.00. The molecule has 4 nitrogen and oxygen atoms in total. The molecule has 18 heavy (non-hydrogen) atoms. The van der Waals surface area contributed by atoms with Crippen molar-refractivity contribution < 1.29 is 4.79 Å². The van der Waals surface area contributed by atoms with E-state index < -0.39 is 5.92 Å². The Morgan fingerprint density at radius 2 is 1.83 bits per heavy atom. The minimum Gasteiger partial charge on any atom is -0.325 e. The van der Waals surface area contributed by atoms with Gasteiger partial charge < -0.3 is 5.32 Å². The zero-order chi connectivity index (χ0) is 12.8. The van der Waals surface area contributed by atoms with Gasteiger partial charge in [0.1, 0.15) is 0 Å². The first-order valence-electron chi connectivity index (χ1n) is 5.46. The molecule has 0 spiro atoms. The number of hydrogen-bond donors (Lipinski definition) is 1. The highest BCUT2D eigenvalue weighted by atomic mass is 16.1. The molecular weight excluding hydrogens is 226 g/mol. The zero-order valence-electron chi connectivity index (χ0n) is 9.58. The van der Waals surface area contributed by atoms with Gasteiger partial charge in [0.2, 0.25) is 5.91 Å². The van der Waals surface area contributed by atoms with Crippen molar-refractivity contribution in [3.05, 3.63) is 60.4 Å². The summed E-state index contributed by atoms with van der Waals surface area (Å²) >= 11 is 0. The molecule has 1 amide bonds. The fourth-order valence-electron chi connectivity index (χ4n) is 1.58. The molecule has 1 unspecified atom stereocenters. The predicted octanol–water partition coefficient (Wildman–Crippen LogP) is 2.33. The Bertz CT molecular complexity index is 561. The van der Waals surface area contributed by atoms with Crippen molar-refractivity contribution in [1.82, 2.24) is 4.98 Å². The average Bonchev–Trinajstić information content (AvgIpc) is 2.42. The number of hydrogen-bond acceptors (Lipinski definition) is 3. The van der Waals surface area contributed by atoms with Crippen LogP contribution in [-0.4, -0.2) is 10.9 Å². The number of nitrogens with one attached hydrogen (secondary N) is 1. The molecule has 2 aromatic rings. The van der Waals surface area contributed by atoms with Crippen LogP contribution in [0.3, 0.4) is 0 Å². The van der Waals surface area contributed by atoms with Crippen molar-refractivity contribution >= 4 is 11.6 Å². The van der Waals surface area contributed by atoms with Crippen LogP contribution in [0, 0.1) is 11.3 Å². The van der Waals surface area contributed by atoms with E-state index in [0.29, 0.717) is 11.3 Å². The van der Waals surface area contributed by atoms with Gasteiger partial charge in [-0.1, -0.05) is 30.3 Å². The molecule has 0 saturated heterocycles. The van der Waals surface area contributed by atoms with E-state index in [1.807, 2.05) is 12.1 Å². The van der Waals surface area contributed by atoms with Crippen LogP contribution in [0.4, 0.5) is 5.69 Å². The van der Waals surface area contributed by atoms with Gasteiger partial charge in [-0.3, -0.25) is 9.78 Å². The molecule has 1 aromatic heterocycles. The van der Waals surface area contributed by atoms with E-state index in [-0.39, 0.29) is 5.91 Å². The number of nitrogens with zero attached hydrogens (tertiary/aromatic N) is 2. The summed E-state index contributed by atoms with van der Waals surface area (Å²) in [6, 6.07) is 14.4. The van der Waals surface area contributed by atoms with E-state index >= 15 is 0 Å². The maximum absolute atomic E-state index is 12.0. The lowest BCUT2D eigenvalue weighted by molar-refractivity contribution is -0.116. The van der Waals surface area contributed by atoms with Crippen LogP contribution in [0.1, 0.15) is 11.5 Å². The van der Waals surface area contributed by atoms with Crippen molar-refractivity contribution in [3.63, 3.8) is 0 Å². The van der Waals surface area contributed by atoms with Crippen LogP contribution < -0.4 is 5.32 Å². The Hall–Kier alpha value is -2.67. The second-order valence-corrected chi connectivity index (χ2v) is 3.70. The Balaban J connectivity index is 2.15. The van der Waals surface area contributed by atoms with Crippen LogP contribution >= 0.6 is 0 Å². The quantitative estimate of drug-likeness (QED) is 0.890. The first-order valence-corrected chi connectivity index (χ1v) is 5.46. The summed E-state index contributed by atoms with van der Waals surface area (Å²) in [6.45, 7) is 0. The normalized spacial score (nSPS) is 11.3. The molecule has 4 heteroatoms. The maximum Gasteiger partial charge on any atom is 0.246 e. The zero-order valence-corrected chi connectivity index (χ0v) is 9.58. The van der Waals surface area contributed by atoms with E-state index in [2.05, 4.69) is 10.3 Å². The van der Waals surface area contributed by atoms with Crippen LogP contribution in [0.15, 0.2) is 54.9 Å². The van der Waals surface area contributed by atoms with Crippen molar-refractivity contribution in [3.8, 4) is 6.07 Å². The van der Waals surface area contributed by atoms with Gasteiger partial charge in [-0.15, -0.1) is 0 Å². The molecule has 0 fully saturated rings. The minimum atomic E-state index is -0.806. The lowest BCUT2D eigenvalue weighted by Crippen LogP contribution is -2.19. The molecule has 0 aliphatic carbocycles. The maximum atomic E-state index is 12.0. The molecule has 0 radical (unpaired) electrons. The van der Waals surface area contributed by atoms with Crippen LogP contribution in [0.25, 0.3) is 0 Å². The second kappa shape index (κ2) is 5.60. The van der Waals surface area contributed by atoms with E-state index in [1.165, 1.54) is 0 Å². The summed E-state index contributed by atoms with van der Waals surface area (Å²) in [5, 5.41) is 11.8. The summed E-state index contributed by atoms with van der Waals surface area (Å²) in [6.07, 6.45) is 3.17. The standard InChI is InChI=1S/C14H11N3O/c15-10-13(11-4-2-1-3-5-11)14(18)17-12-6-8-16-9-7-12/h1-9,13H,(H,16,17,18). The minimum absolute atomic E-state index is 0.338. The first-order chi connectivity index (χ1) is 8.81. The molecule has 1 aromatic carbocycles. The SMILES string of the molecule is N#CC(C(=O)Nc1ccncc1)c1ccccc1. The van der Waals surface area contributed by atoms with Gasteiger partial charge in [-0.05, 0) is 17.7 Å². The van der Waals surface area contributed by atoms with Crippen molar-refractivity contribution in [2.45, 2.75) is 5.92 Å². The van der Waals surface area contributed by atoms with Crippen LogP contribution in [-0.2, 0) is 4.79 Å². The van der Waals surface area contributed by atoms with Crippen molar-refractivity contribution in [1.29, 1.82) is 5.26 Å².